The van der Waals surface area contributed by atoms with Crippen LogP contribution in [0.3, 0.4) is 0 Å². The monoisotopic (exact) mass is 262 g/mol. The van der Waals surface area contributed by atoms with Crippen LogP contribution in [0.25, 0.3) is 0 Å². The summed E-state index contributed by atoms with van der Waals surface area (Å²) in [5, 5.41) is 10.2. The van der Waals surface area contributed by atoms with Gasteiger partial charge < -0.3 is 0 Å². The Kier molecular flexibility index (Phi) is 4.27. The fourth-order valence-electron chi connectivity index (χ4n) is 2.53. The summed E-state index contributed by atoms with van der Waals surface area (Å²) in [6.07, 6.45) is 4.25. The summed E-state index contributed by atoms with van der Waals surface area (Å²) in [7, 11) is 0. The number of halogens is 1. The summed E-state index contributed by atoms with van der Waals surface area (Å²) >= 11 is 5.87. The maximum Gasteiger partial charge on any atom is 0.106 e. The second-order valence-corrected chi connectivity index (χ2v) is 5.64. The van der Waals surface area contributed by atoms with Gasteiger partial charge in [0.05, 0.1) is 6.07 Å². The van der Waals surface area contributed by atoms with E-state index in [4.69, 9.17) is 11.6 Å². The van der Waals surface area contributed by atoms with E-state index in [-0.39, 0.29) is 5.54 Å². The fourth-order valence-corrected chi connectivity index (χ4v) is 2.66. The van der Waals surface area contributed by atoms with E-state index in [1.807, 2.05) is 24.3 Å². The van der Waals surface area contributed by atoms with Gasteiger partial charge in [-0.2, -0.15) is 5.26 Å². The second-order valence-electron chi connectivity index (χ2n) is 5.21. The Hall–Kier alpha value is -1.04. The maximum atomic E-state index is 9.46. The molecule has 1 aliphatic heterocycles. The van der Waals surface area contributed by atoms with Crippen molar-refractivity contribution >= 4 is 11.6 Å². The van der Waals surface area contributed by atoms with Crippen LogP contribution in [0.5, 0.6) is 0 Å². The van der Waals surface area contributed by atoms with Crippen molar-refractivity contribution in [3.63, 3.8) is 0 Å². The first-order chi connectivity index (χ1) is 8.64. The van der Waals surface area contributed by atoms with Crippen LogP contribution in [0.4, 0.5) is 0 Å². The van der Waals surface area contributed by atoms with E-state index in [9.17, 15) is 5.26 Å². The molecule has 3 heteroatoms. The third kappa shape index (κ3) is 3.04. The Balaban J connectivity index is 1.98. The highest BCUT2D eigenvalue weighted by molar-refractivity contribution is 6.30. The lowest BCUT2D eigenvalue weighted by Crippen LogP contribution is -2.43. The summed E-state index contributed by atoms with van der Waals surface area (Å²) in [5.41, 5.74) is 0.927. The predicted molar refractivity (Wildman–Crippen MR) is 74.6 cm³/mol. The van der Waals surface area contributed by atoms with Gasteiger partial charge >= 0.3 is 0 Å². The number of aryl methyl sites for hydroxylation is 1. The van der Waals surface area contributed by atoms with Crippen LogP contribution < -0.4 is 0 Å². The van der Waals surface area contributed by atoms with Gasteiger partial charge in [-0.3, -0.25) is 4.90 Å². The molecule has 0 N–H and O–H groups in total. The van der Waals surface area contributed by atoms with E-state index in [2.05, 4.69) is 17.9 Å². The number of benzene rings is 1. The lowest BCUT2D eigenvalue weighted by atomic mass is 9.93. The van der Waals surface area contributed by atoms with Crippen LogP contribution in [-0.2, 0) is 6.42 Å². The number of hydrogen-bond donors (Lipinski definition) is 0. The van der Waals surface area contributed by atoms with Crippen LogP contribution in [0.2, 0.25) is 5.02 Å². The fraction of sp³-hybridized carbons (Fsp3) is 0.533. The summed E-state index contributed by atoms with van der Waals surface area (Å²) in [6, 6.07) is 10.4. The third-order valence-electron chi connectivity index (χ3n) is 3.86. The van der Waals surface area contributed by atoms with Gasteiger partial charge in [-0.15, -0.1) is 0 Å². The molecule has 0 aliphatic carbocycles. The summed E-state index contributed by atoms with van der Waals surface area (Å²) in [6.45, 7) is 4.18. The zero-order chi connectivity index (χ0) is 13.0. The molecule has 1 aliphatic rings. The molecular formula is C15H19ClN2. The molecule has 96 valence electrons. The van der Waals surface area contributed by atoms with Gasteiger partial charge in [-0.25, -0.2) is 0 Å². The molecule has 1 aromatic rings. The lowest BCUT2D eigenvalue weighted by Gasteiger charge is -2.32. The van der Waals surface area contributed by atoms with Crippen molar-refractivity contribution in [2.45, 2.75) is 38.1 Å². The van der Waals surface area contributed by atoms with Crippen molar-refractivity contribution < 1.29 is 0 Å². The molecule has 1 fully saturated rings. The van der Waals surface area contributed by atoms with E-state index in [1.54, 1.807) is 0 Å². The predicted octanol–water partition coefficient (Wildman–Crippen LogP) is 3.65. The van der Waals surface area contributed by atoms with Gasteiger partial charge in [0.25, 0.3) is 0 Å². The Bertz CT molecular complexity index is 429. The highest BCUT2D eigenvalue weighted by Crippen LogP contribution is 2.25. The van der Waals surface area contributed by atoms with Crippen molar-refractivity contribution in [3.8, 4) is 6.07 Å². The summed E-state index contributed by atoms with van der Waals surface area (Å²) < 4.78 is 0. The van der Waals surface area contributed by atoms with Crippen LogP contribution in [0.15, 0.2) is 24.3 Å². The first kappa shape index (κ1) is 13.4. The minimum atomic E-state index is -0.323. The quantitative estimate of drug-likeness (QED) is 0.828. The highest BCUT2D eigenvalue weighted by atomic mass is 35.5. The number of nitriles is 1. The van der Waals surface area contributed by atoms with E-state index in [1.165, 1.54) is 18.4 Å². The lowest BCUT2D eigenvalue weighted by molar-refractivity contribution is 0.181. The number of rotatable bonds is 4. The Morgan fingerprint density at radius 3 is 2.44 bits per heavy atom. The molecule has 0 bridgehead atoms. The maximum absolute atomic E-state index is 9.46. The molecule has 1 unspecified atom stereocenters. The molecule has 0 radical (unpaired) electrons. The Morgan fingerprint density at radius 1 is 1.28 bits per heavy atom. The molecular weight excluding hydrogens is 244 g/mol. The van der Waals surface area contributed by atoms with Gasteiger partial charge in [0.1, 0.15) is 5.54 Å². The molecule has 1 aromatic carbocycles. The molecule has 2 rings (SSSR count). The number of nitrogens with zero attached hydrogens (tertiary/aromatic N) is 2. The normalized spacial score (nSPS) is 19.4. The highest BCUT2D eigenvalue weighted by Gasteiger charge is 2.33. The summed E-state index contributed by atoms with van der Waals surface area (Å²) in [4.78, 5) is 2.32. The SMILES string of the molecule is CC(C#N)(CCc1ccc(Cl)cc1)N1CCCC1. The molecule has 1 atom stereocenters. The van der Waals surface area contributed by atoms with Crippen LogP contribution in [0.1, 0.15) is 31.7 Å². The third-order valence-corrected chi connectivity index (χ3v) is 4.11. The average molecular weight is 263 g/mol. The van der Waals surface area contributed by atoms with Gasteiger partial charge in [0.2, 0.25) is 0 Å². The number of hydrogen-bond acceptors (Lipinski definition) is 2. The summed E-state index contributed by atoms with van der Waals surface area (Å²) in [5.74, 6) is 0. The average Bonchev–Trinajstić information content (AvgIpc) is 2.92. The number of likely N-dealkylation sites (tertiary alicyclic amines) is 1. The van der Waals surface area contributed by atoms with Crippen LogP contribution >= 0.6 is 11.6 Å². The van der Waals surface area contributed by atoms with Crippen LogP contribution in [-0.4, -0.2) is 23.5 Å². The van der Waals surface area contributed by atoms with Gasteiger partial charge in [-0.05, 0) is 63.4 Å². The topological polar surface area (TPSA) is 27.0 Å². The largest absolute Gasteiger partial charge is 0.286 e. The van der Waals surface area contributed by atoms with Crippen molar-refractivity contribution in [3.05, 3.63) is 34.9 Å². The van der Waals surface area contributed by atoms with Crippen molar-refractivity contribution in [2.75, 3.05) is 13.1 Å². The van der Waals surface area contributed by atoms with Crippen molar-refractivity contribution in [1.29, 1.82) is 5.26 Å². The molecule has 18 heavy (non-hydrogen) atoms. The zero-order valence-corrected chi connectivity index (χ0v) is 11.6. The van der Waals surface area contributed by atoms with Crippen LogP contribution in [0, 0.1) is 11.3 Å². The molecule has 2 nitrogen and oxygen atoms in total. The first-order valence-corrected chi connectivity index (χ1v) is 6.93. The van der Waals surface area contributed by atoms with Gasteiger partial charge in [-0.1, -0.05) is 23.7 Å². The minimum absolute atomic E-state index is 0.323. The minimum Gasteiger partial charge on any atom is -0.286 e. The van der Waals surface area contributed by atoms with Crippen molar-refractivity contribution in [2.24, 2.45) is 0 Å². The Morgan fingerprint density at radius 2 is 1.89 bits per heavy atom. The van der Waals surface area contributed by atoms with E-state index >= 15 is 0 Å². The molecule has 1 saturated heterocycles. The molecule has 0 spiro atoms. The standard InChI is InChI=1S/C15H19ClN2/c1-15(12-17,18-10-2-3-11-18)9-8-13-4-6-14(16)7-5-13/h4-7H,2-3,8-11H2,1H3. The molecule has 0 saturated carbocycles. The zero-order valence-electron chi connectivity index (χ0n) is 10.8. The second kappa shape index (κ2) is 5.73. The molecule has 0 amide bonds. The van der Waals surface area contributed by atoms with Crippen molar-refractivity contribution in [1.82, 2.24) is 4.90 Å². The Labute approximate surface area is 114 Å². The smallest absolute Gasteiger partial charge is 0.106 e. The van der Waals surface area contributed by atoms with E-state index in [0.29, 0.717) is 0 Å². The van der Waals surface area contributed by atoms with E-state index in [0.717, 1.165) is 31.0 Å². The van der Waals surface area contributed by atoms with E-state index < -0.39 is 0 Å². The van der Waals surface area contributed by atoms with Gasteiger partial charge in [0, 0.05) is 5.02 Å². The van der Waals surface area contributed by atoms with Gasteiger partial charge in [0.15, 0.2) is 0 Å². The first-order valence-electron chi connectivity index (χ1n) is 6.55. The molecule has 1 heterocycles. The molecule has 0 aromatic heterocycles.